The molecule has 0 heterocycles. The second kappa shape index (κ2) is 7.69. The van der Waals surface area contributed by atoms with E-state index >= 15 is 0 Å². The van der Waals surface area contributed by atoms with Crippen molar-refractivity contribution in [2.45, 2.75) is 18.3 Å². The Balaban J connectivity index is 4.38. The molecule has 0 rings (SSSR count). The average molecular weight is 336 g/mol. The van der Waals surface area contributed by atoms with Crippen molar-refractivity contribution in [3.8, 4) is 0 Å². The highest BCUT2D eigenvalue weighted by atomic mass is 31.2. The highest BCUT2D eigenvalue weighted by Gasteiger charge is 2.30. The number of hydrogen-bond acceptors (Lipinski definition) is 12. The predicted octanol–water partition coefficient (Wildman–Crippen LogP) is -5.67. The SMILES string of the molecule is O=C(COP(=O)([O-])[O-])[C@@H](O)[C@@H](O)[C@H](O)COP(=O)([O-])[O-]. The molecule has 0 bridgehead atoms. The molecule has 0 saturated carbocycles. The third-order valence-corrected chi connectivity index (χ3v) is 2.73. The third-order valence-electron chi connectivity index (χ3n) is 1.82. The first-order chi connectivity index (χ1) is 8.83. The molecule has 0 saturated heterocycles. The largest absolute Gasteiger partial charge is 0.790 e. The Hall–Kier alpha value is -0.230. The zero-order valence-electron chi connectivity index (χ0n) is 9.56. The van der Waals surface area contributed by atoms with E-state index in [9.17, 15) is 38.6 Å². The van der Waals surface area contributed by atoms with E-state index in [0.29, 0.717) is 0 Å². The van der Waals surface area contributed by atoms with Gasteiger partial charge in [0.25, 0.3) is 0 Å². The average Bonchev–Trinajstić information content (AvgIpc) is 2.29. The molecule has 3 atom stereocenters. The van der Waals surface area contributed by atoms with E-state index in [1.807, 2.05) is 0 Å². The lowest BCUT2D eigenvalue weighted by molar-refractivity contribution is -0.344. The summed E-state index contributed by atoms with van der Waals surface area (Å²) in [5.74, 6) is -1.48. The Morgan fingerprint density at radius 2 is 1.45 bits per heavy atom. The molecule has 0 radical (unpaired) electrons. The number of carbonyl (C=O) groups excluding carboxylic acids is 1. The summed E-state index contributed by atoms with van der Waals surface area (Å²) in [6.07, 6.45) is -6.83. The quantitative estimate of drug-likeness (QED) is 0.335. The lowest BCUT2D eigenvalue weighted by Gasteiger charge is -2.31. The molecule has 0 amide bonds. The second-order valence-corrected chi connectivity index (χ2v) is 5.74. The lowest BCUT2D eigenvalue weighted by Crippen LogP contribution is -2.45. The lowest BCUT2D eigenvalue weighted by atomic mass is 10.1. The Morgan fingerprint density at radius 1 is 1.00 bits per heavy atom. The molecule has 20 heavy (non-hydrogen) atoms. The zero-order valence-corrected chi connectivity index (χ0v) is 11.3. The second-order valence-electron chi connectivity index (χ2n) is 3.43. The van der Waals surface area contributed by atoms with E-state index in [2.05, 4.69) is 9.05 Å². The summed E-state index contributed by atoms with van der Waals surface area (Å²) in [4.78, 5) is 51.4. The Labute approximate surface area is 112 Å². The van der Waals surface area contributed by atoms with Gasteiger partial charge in [-0.25, -0.2) is 0 Å². The maximum Gasteiger partial charge on any atom is 0.189 e. The highest BCUT2D eigenvalue weighted by Crippen LogP contribution is 2.26. The van der Waals surface area contributed by atoms with E-state index in [-0.39, 0.29) is 0 Å². The van der Waals surface area contributed by atoms with Crippen molar-refractivity contribution < 1.29 is 57.9 Å². The number of rotatable bonds is 9. The molecule has 0 unspecified atom stereocenters. The fourth-order valence-corrected chi connectivity index (χ4v) is 1.52. The topological polar surface area (TPSA) is 223 Å². The van der Waals surface area contributed by atoms with Crippen molar-refractivity contribution in [2.24, 2.45) is 0 Å². The highest BCUT2D eigenvalue weighted by molar-refractivity contribution is 7.43. The van der Waals surface area contributed by atoms with Gasteiger partial charge < -0.3 is 53.1 Å². The summed E-state index contributed by atoms with van der Waals surface area (Å²) in [5.41, 5.74) is 0. The fourth-order valence-electron chi connectivity index (χ4n) is 0.895. The van der Waals surface area contributed by atoms with Crippen LogP contribution in [0, 0.1) is 0 Å². The normalized spacial score (nSPS) is 17.6. The monoisotopic (exact) mass is 336 g/mol. The molecule has 12 nitrogen and oxygen atoms in total. The maximum absolute atomic E-state index is 11.1. The van der Waals surface area contributed by atoms with Crippen LogP contribution in [-0.4, -0.2) is 52.6 Å². The summed E-state index contributed by atoms with van der Waals surface area (Å²) in [6, 6.07) is 0. The van der Waals surface area contributed by atoms with Crippen LogP contribution in [0.25, 0.3) is 0 Å². The molecule has 0 aliphatic heterocycles. The van der Waals surface area contributed by atoms with Gasteiger partial charge in [0.15, 0.2) is 5.78 Å². The minimum Gasteiger partial charge on any atom is -0.790 e. The molecule has 0 aromatic heterocycles. The molecule has 0 aromatic carbocycles. The van der Waals surface area contributed by atoms with Crippen molar-refractivity contribution in [1.82, 2.24) is 0 Å². The van der Waals surface area contributed by atoms with Gasteiger partial charge in [0.05, 0.1) is 22.3 Å². The van der Waals surface area contributed by atoms with Crippen molar-refractivity contribution in [2.75, 3.05) is 13.2 Å². The molecule has 120 valence electrons. The number of hydrogen-bond donors (Lipinski definition) is 3. The minimum absolute atomic E-state index is 1.24. The van der Waals surface area contributed by atoms with Gasteiger partial charge in [-0.1, -0.05) is 0 Å². The van der Waals surface area contributed by atoms with Crippen LogP contribution in [0.1, 0.15) is 0 Å². The summed E-state index contributed by atoms with van der Waals surface area (Å²) in [5, 5.41) is 27.5. The Kier molecular flexibility index (Phi) is 7.60. The Morgan fingerprint density at radius 3 is 1.85 bits per heavy atom. The van der Waals surface area contributed by atoms with Crippen LogP contribution in [0.3, 0.4) is 0 Å². The van der Waals surface area contributed by atoms with Crippen molar-refractivity contribution >= 4 is 21.4 Å². The smallest absolute Gasteiger partial charge is 0.189 e. The number of Topliss-reactive ketones (excluding diaryl/α,β-unsaturated/α-hetero) is 1. The molecular formula is C6H10O12P2-4. The van der Waals surface area contributed by atoms with Crippen LogP contribution in [-0.2, 0) is 23.0 Å². The van der Waals surface area contributed by atoms with Gasteiger partial charge in [-0.2, -0.15) is 0 Å². The number of aliphatic hydroxyl groups excluding tert-OH is 3. The number of phosphoric acid groups is 2. The van der Waals surface area contributed by atoms with Crippen LogP contribution >= 0.6 is 15.6 Å². The molecule has 0 aromatic rings. The summed E-state index contributed by atoms with van der Waals surface area (Å²) in [7, 11) is -10.9. The molecule has 3 N–H and O–H groups in total. The van der Waals surface area contributed by atoms with E-state index in [1.165, 1.54) is 0 Å². The van der Waals surface area contributed by atoms with Crippen molar-refractivity contribution in [3.63, 3.8) is 0 Å². The van der Waals surface area contributed by atoms with Gasteiger partial charge in [-0.05, 0) is 0 Å². The van der Waals surface area contributed by atoms with Crippen molar-refractivity contribution in [3.05, 3.63) is 0 Å². The van der Waals surface area contributed by atoms with Gasteiger partial charge in [0.1, 0.15) is 24.9 Å². The summed E-state index contributed by atoms with van der Waals surface area (Å²) in [6.45, 7) is -2.63. The van der Waals surface area contributed by atoms with Gasteiger partial charge in [-0.3, -0.25) is 4.79 Å². The van der Waals surface area contributed by atoms with Crippen LogP contribution in [0.15, 0.2) is 0 Å². The van der Waals surface area contributed by atoms with E-state index < -0.39 is 53.0 Å². The summed E-state index contributed by atoms with van der Waals surface area (Å²) >= 11 is 0. The van der Waals surface area contributed by atoms with Crippen molar-refractivity contribution in [1.29, 1.82) is 0 Å². The number of carbonyl (C=O) groups is 1. The first-order valence-corrected chi connectivity index (χ1v) is 7.65. The number of ketones is 1. The predicted molar refractivity (Wildman–Crippen MR) is 50.1 cm³/mol. The standard InChI is InChI=1S/C6H14O12P2/c7-3(1-17-19(11,12)13)5(9)6(10)4(8)2-18-20(14,15)16/h3,5-7,9-10H,1-2H2,(H2,11,12,13)(H2,14,15,16)/p-4/t3-,5+,6-/m1/s1. The summed E-state index contributed by atoms with van der Waals surface area (Å²) < 4.78 is 27.3. The molecule has 14 heteroatoms. The fraction of sp³-hybridized carbons (Fsp3) is 0.833. The van der Waals surface area contributed by atoms with Crippen LogP contribution in [0.4, 0.5) is 0 Å². The third kappa shape index (κ3) is 8.84. The van der Waals surface area contributed by atoms with Crippen LogP contribution in [0.5, 0.6) is 0 Å². The molecular weight excluding hydrogens is 326 g/mol. The molecule has 0 aliphatic carbocycles. The maximum atomic E-state index is 11.1. The first-order valence-electron chi connectivity index (χ1n) is 4.73. The number of aliphatic hydroxyl groups is 3. The first kappa shape index (κ1) is 19.8. The van der Waals surface area contributed by atoms with Gasteiger partial charge in [0.2, 0.25) is 0 Å². The van der Waals surface area contributed by atoms with Gasteiger partial charge in [0, 0.05) is 0 Å². The van der Waals surface area contributed by atoms with E-state index in [0.717, 1.165) is 0 Å². The van der Waals surface area contributed by atoms with Crippen LogP contribution in [0.2, 0.25) is 0 Å². The number of phosphoric ester groups is 2. The molecule has 0 fully saturated rings. The molecule has 0 aliphatic rings. The van der Waals surface area contributed by atoms with Crippen LogP contribution < -0.4 is 19.6 Å². The van der Waals surface area contributed by atoms with Gasteiger partial charge in [-0.15, -0.1) is 0 Å². The minimum atomic E-state index is -5.47. The van der Waals surface area contributed by atoms with E-state index in [4.69, 9.17) is 10.2 Å². The van der Waals surface area contributed by atoms with Gasteiger partial charge >= 0.3 is 0 Å². The molecule has 0 spiro atoms. The van der Waals surface area contributed by atoms with E-state index in [1.54, 1.807) is 0 Å². The Bertz CT molecular complexity index is 410. The zero-order chi connectivity index (χ0) is 16.1.